The third-order valence-electron chi connectivity index (χ3n) is 4.81. The normalized spacial score (nSPS) is 14.1. The first-order chi connectivity index (χ1) is 9.99. The van der Waals surface area contributed by atoms with Crippen LogP contribution in [-0.2, 0) is 12.8 Å². The molecule has 0 aliphatic heterocycles. The molecule has 2 aromatic rings. The van der Waals surface area contributed by atoms with Gasteiger partial charge in [-0.15, -0.1) is 11.3 Å². The number of thiophene rings is 1. The Hall–Kier alpha value is -1.41. The van der Waals surface area contributed by atoms with Crippen molar-refractivity contribution in [1.82, 2.24) is 0 Å². The monoisotopic (exact) mass is 298 g/mol. The summed E-state index contributed by atoms with van der Waals surface area (Å²) in [6, 6.07) is 4.33. The third-order valence-corrected chi connectivity index (χ3v) is 6.05. The number of hydrogen-bond donors (Lipinski definition) is 0. The molecule has 0 amide bonds. The highest BCUT2D eigenvalue weighted by atomic mass is 32.1. The number of benzene rings is 1. The van der Waals surface area contributed by atoms with Gasteiger partial charge in [0.25, 0.3) is 0 Å². The fourth-order valence-electron chi connectivity index (χ4n) is 3.28. The first-order valence-electron chi connectivity index (χ1n) is 7.72. The molecule has 0 saturated carbocycles. The van der Waals surface area contributed by atoms with E-state index >= 15 is 0 Å². The summed E-state index contributed by atoms with van der Waals surface area (Å²) in [5.74, 6) is 0.219. The lowest BCUT2D eigenvalue weighted by molar-refractivity contribution is 0.104. The lowest BCUT2D eigenvalue weighted by Crippen LogP contribution is -2.07. The third kappa shape index (κ3) is 2.46. The maximum absolute atomic E-state index is 13.0. The molecule has 1 nitrogen and oxygen atoms in total. The SMILES string of the molecule is Cc1cc(C)c(C)c(C(=O)c2cc3c(s2)CCCC3)c1C. The first-order valence-corrected chi connectivity index (χ1v) is 8.54. The van der Waals surface area contributed by atoms with Crippen molar-refractivity contribution in [3.05, 3.63) is 55.3 Å². The van der Waals surface area contributed by atoms with E-state index in [4.69, 9.17) is 0 Å². The minimum atomic E-state index is 0.219. The molecule has 1 aliphatic carbocycles. The van der Waals surface area contributed by atoms with Crippen LogP contribution in [0.15, 0.2) is 12.1 Å². The van der Waals surface area contributed by atoms with Crippen molar-refractivity contribution in [1.29, 1.82) is 0 Å². The second-order valence-corrected chi connectivity index (χ2v) is 7.37. The van der Waals surface area contributed by atoms with E-state index < -0.39 is 0 Å². The van der Waals surface area contributed by atoms with E-state index in [0.29, 0.717) is 0 Å². The van der Waals surface area contributed by atoms with E-state index in [1.807, 2.05) is 0 Å². The van der Waals surface area contributed by atoms with Crippen molar-refractivity contribution in [3.63, 3.8) is 0 Å². The summed E-state index contributed by atoms with van der Waals surface area (Å²) >= 11 is 1.72. The quantitative estimate of drug-likeness (QED) is 0.706. The van der Waals surface area contributed by atoms with Crippen molar-refractivity contribution in [3.8, 4) is 0 Å². The Morgan fingerprint density at radius 2 is 1.57 bits per heavy atom. The highest BCUT2D eigenvalue weighted by Crippen LogP contribution is 2.33. The van der Waals surface area contributed by atoms with Crippen LogP contribution in [0.3, 0.4) is 0 Å². The summed E-state index contributed by atoms with van der Waals surface area (Å²) in [5, 5.41) is 0. The molecule has 1 aliphatic rings. The molecule has 0 N–H and O–H groups in total. The molecule has 3 rings (SSSR count). The predicted molar refractivity (Wildman–Crippen MR) is 89.8 cm³/mol. The molecule has 0 saturated heterocycles. The fourth-order valence-corrected chi connectivity index (χ4v) is 4.48. The number of fused-ring (bicyclic) bond motifs is 1. The van der Waals surface area contributed by atoms with Crippen LogP contribution in [-0.4, -0.2) is 5.78 Å². The van der Waals surface area contributed by atoms with Gasteiger partial charge >= 0.3 is 0 Å². The molecular weight excluding hydrogens is 276 g/mol. The Bertz CT molecular complexity index is 672. The van der Waals surface area contributed by atoms with Crippen LogP contribution < -0.4 is 0 Å². The molecule has 2 heteroatoms. The van der Waals surface area contributed by atoms with Crippen LogP contribution in [0.2, 0.25) is 0 Å². The van der Waals surface area contributed by atoms with Gasteiger partial charge in [0, 0.05) is 10.4 Å². The summed E-state index contributed by atoms with van der Waals surface area (Å²) in [4.78, 5) is 15.4. The summed E-state index contributed by atoms with van der Waals surface area (Å²) in [7, 11) is 0. The van der Waals surface area contributed by atoms with Gasteiger partial charge < -0.3 is 0 Å². The zero-order valence-corrected chi connectivity index (χ0v) is 14.1. The molecule has 1 aromatic heterocycles. The van der Waals surface area contributed by atoms with Crippen molar-refractivity contribution in [2.75, 3.05) is 0 Å². The highest BCUT2D eigenvalue weighted by Gasteiger charge is 2.22. The lowest BCUT2D eigenvalue weighted by atomic mass is 9.91. The van der Waals surface area contributed by atoms with E-state index in [9.17, 15) is 4.79 Å². The molecular formula is C19H22OS. The van der Waals surface area contributed by atoms with Crippen LogP contribution in [0.25, 0.3) is 0 Å². The zero-order chi connectivity index (χ0) is 15.1. The second-order valence-electron chi connectivity index (χ2n) is 6.23. The number of rotatable bonds is 2. The molecule has 110 valence electrons. The molecule has 0 unspecified atom stereocenters. The van der Waals surface area contributed by atoms with Gasteiger partial charge in [0.1, 0.15) is 0 Å². The average Bonchev–Trinajstić information content (AvgIpc) is 2.89. The molecule has 21 heavy (non-hydrogen) atoms. The van der Waals surface area contributed by atoms with Gasteiger partial charge in [-0.05, 0) is 87.3 Å². The van der Waals surface area contributed by atoms with Gasteiger partial charge in [-0.25, -0.2) is 0 Å². The Morgan fingerprint density at radius 3 is 2.19 bits per heavy atom. The zero-order valence-electron chi connectivity index (χ0n) is 13.3. The Kier molecular flexibility index (Phi) is 3.75. The van der Waals surface area contributed by atoms with Crippen LogP contribution in [0, 0.1) is 27.7 Å². The second kappa shape index (κ2) is 5.42. The standard InChI is InChI=1S/C19H22OS/c1-11-9-12(2)14(4)18(13(11)3)19(20)17-10-15-7-5-6-8-16(15)21-17/h9-10H,5-8H2,1-4H3. The summed E-state index contributed by atoms with van der Waals surface area (Å²) in [6.45, 7) is 8.33. The number of ketones is 1. The van der Waals surface area contributed by atoms with Gasteiger partial charge in [0.2, 0.25) is 5.78 Å². The minimum absolute atomic E-state index is 0.219. The number of carbonyl (C=O) groups excluding carboxylic acids is 1. The fraction of sp³-hybridized carbons (Fsp3) is 0.421. The lowest BCUT2D eigenvalue weighted by Gasteiger charge is -2.13. The smallest absolute Gasteiger partial charge is 0.203 e. The summed E-state index contributed by atoms with van der Waals surface area (Å²) < 4.78 is 0. The number of carbonyl (C=O) groups is 1. The molecule has 0 atom stereocenters. The van der Waals surface area contributed by atoms with Crippen LogP contribution in [0.5, 0.6) is 0 Å². The van der Waals surface area contributed by atoms with Crippen LogP contribution in [0.1, 0.15) is 60.8 Å². The predicted octanol–water partition coefficient (Wildman–Crippen LogP) is 5.09. The topological polar surface area (TPSA) is 17.1 Å². The maximum Gasteiger partial charge on any atom is 0.203 e. The average molecular weight is 298 g/mol. The highest BCUT2D eigenvalue weighted by molar-refractivity contribution is 7.14. The van der Waals surface area contributed by atoms with Crippen molar-refractivity contribution in [2.45, 2.75) is 53.4 Å². The molecule has 0 fully saturated rings. The van der Waals surface area contributed by atoms with Crippen LogP contribution in [0.4, 0.5) is 0 Å². The minimum Gasteiger partial charge on any atom is -0.288 e. The van der Waals surface area contributed by atoms with E-state index in [1.165, 1.54) is 34.4 Å². The van der Waals surface area contributed by atoms with Crippen molar-refractivity contribution < 1.29 is 4.79 Å². The molecule has 0 bridgehead atoms. The maximum atomic E-state index is 13.0. The number of hydrogen-bond acceptors (Lipinski definition) is 2. The Balaban J connectivity index is 2.09. The first kappa shape index (κ1) is 14.5. The van der Waals surface area contributed by atoms with Gasteiger partial charge in [-0.2, -0.15) is 0 Å². The molecule has 0 spiro atoms. The largest absolute Gasteiger partial charge is 0.288 e. The van der Waals surface area contributed by atoms with Crippen molar-refractivity contribution in [2.24, 2.45) is 0 Å². The van der Waals surface area contributed by atoms with Crippen molar-refractivity contribution >= 4 is 17.1 Å². The van der Waals surface area contributed by atoms with Gasteiger partial charge in [0.05, 0.1) is 4.88 Å². The molecule has 1 aromatic carbocycles. The van der Waals surface area contributed by atoms with Gasteiger partial charge in [0.15, 0.2) is 0 Å². The molecule has 1 heterocycles. The van der Waals surface area contributed by atoms with Gasteiger partial charge in [-0.3, -0.25) is 4.79 Å². The van der Waals surface area contributed by atoms with Gasteiger partial charge in [-0.1, -0.05) is 6.07 Å². The summed E-state index contributed by atoms with van der Waals surface area (Å²) in [5.41, 5.74) is 7.02. The summed E-state index contributed by atoms with van der Waals surface area (Å²) in [6.07, 6.45) is 4.82. The van der Waals surface area contributed by atoms with Crippen LogP contribution >= 0.6 is 11.3 Å². The van der Waals surface area contributed by atoms with E-state index in [2.05, 4.69) is 39.8 Å². The van der Waals surface area contributed by atoms with E-state index in [0.717, 1.165) is 34.4 Å². The molecule has 0 radical (unpaired) electrons. The Labute approximate surface area is 131 Å². The van der Waals surface area contributed by atoms with E-state index in [1.54, 1.807) is 11.3 Å². The van der Waals surface area contributed by atoms with E-state index in [-0.39, 0.29) is 5.78 Å². The number of aryl methyl sites for hydroxylation is 4. The Morgan fingerprint density at radius 1 is 0.952 bits per heavy atom.